The predicted octanol–water partition coefficient (Wildman–Crippen LogP) is -0.0536. The summed E-state index contributed by atoms with van der Waals surface area (Å²) in [5, 5.41) is 14.4. The Bertz CT molecular complexity index is 645. The molecule has 0 saturated carbocycles. The van der Waals surface area contributed by atoms with Crippen LogP contribution >= 0.6 is 11.3 Å². The van der Waals surface area contributed by atoms with Crippen LogP contribution in [-0.2, 0) is 14.4 Å². The van der Waals surface area contributed by atoms with Gasteiger partial charge >= 0.3 is 0 Å². The molecule has 0 radical (unpaired) electrons. The van der Waals surface area contributed by atoms with Crippen molar-refractivity contribution in [2.45, 2.75) is 31.8 Å². The summed E-state index contributed by atoms with van der Waals surface area (Å²) in [5.74, 6) is -0.481. The topological polar surface area (TPSA) is 128 Å². The summed E-state index contributed by atoms with van der Waals surface area (Å²) in [6.45, 7) is 2.26. The van der Waals surface area contributed by atoms with E-state index >= 15 is 0 Å². The molecule has 9 heteroatoms. The molecule has 1 unspecified atom stereocenters. The second-order valence-corrected chi connectivity index (χ2v) is 6.57. The lowest BCUT2D eigenvalue weighted by molar-refractivity contribution is -0.138. The van der Waals surface area contributed by atoms with Crippen LogP contribution in [0, 0.1) is 5.41 Å². The number of likely N-dealkylation sites (tertiary alicyclic amines) is 1. The predicted molar refractivity (Wildman–Crippen MR) is 90.7 cm³/mol. The third-order valence-electron chi connectivity index (χ3n) is 3.93. The van der Waals surface area contributed by atoms with E-state index in [4.69, 9.17) is 11.1 Å². The Balaban J connectivity index is 1.98. The number of nitrogens with zero attached hydrogens (tertiary/aromatic N) is 1. The minimum atomic E-state index is -0.513. The van der Waals surface area contributed by atoms with Crippen LogP contribution in [-0.4, -0.2) is 48.1 Å². The number of nitrogen functional groups attached to an aromatic ring is 1. The van der Waals surface area contributed by atoms with Gasteiger partial charge in [-0.05, 0) is 25.8 Å². The summed E-state index contributed by atoms with van der Waals surface area (Å²) in [5.41, 5.74) is 6.08. The van der Waals surface area contributed by atoms with Crippen molar-refractivity contribution in [1.29, 1.82) is 5.41 Å². The first-order valence-electron chi connectivity index (χ1n) is 7.63. The van der Waals surface area contributed by atoms with Crippen molar-refractivity contribution in [3.63, 3.8) is 0 Å². The molecule has 2 heterocycles. The van der Waals surface area contributed by atoms with Crippen LogP contribution in [0.3, 0.4) is 0 Å². The minimum absolute atomic E-state index is 0.00808. The van der Waals surface area contributed by atoms with Gasteiger partial charge in [0.05, 0.1) is 12.6 Å². The van der Waals surface area contributed by atoms with E-state index in [1.807, 2.05) is 6.92 Å². The van der Waals surface area contributed by atoms with Crippen molar-refractivity contribution in [3.8, 4) is 0 Å². The van der Waals surface area contributed by atoms with Gasteiger partial charge in [-0.25, -0.2) is 0 Å². The molecule has 1 saturated heterocycles. The van der Waals surface area contributed by atoms with Gasteiger partial charge in [-0.2, -0.15) is 0 Å². The van der Waals surface area contributed by atoms with Gasteiger partial charge in [0.1, 0.15) is 11.9 Å². The van der Waals surface area contributed by atoms with E-state index in [0.29, 0.717) is 24.9 Å². The maximum Gasteiger partial charge on any atom is 0.243 e. The van der Waals surface area contributed by atoms with Gasteiger partial charge < -0.3 is 21.3 Å². The number of nitrogens with one attached hydrogen (secondary N) is 3. The lowest BCUT2D eigenvalue weighted by Gasteiger charge is -2.25. The molecule has 0 aromatic carbocycles. The van der Waals surface area contributed by atoms with Crippen LogP contribution in [0.15, 0.2) is 11.4 Å². The molecule has 0 aliphatic carbocycles. The molecule has 130 valence electrons. The first-order valence-corrected chi connectivity index (χ1v) is 8.51. The lowest BCUT2D eigenvalue weighted by Crippen LogP contribution is -2.48. The minimum Gasteiger partial charge on any atom is -0.384 e. The molecule has 1 aliphatic heterocycles. The van der Waals surface area contributed by atoms with Gasteiger partial charge in [-0.15, -0.1) is 11.3 Å². The smallest absolute Gasteiger partial charge is 0.243 e. The molecule has 8 nitrogen and oxygen atoms in total. The summed E-state index contributed by atoms with van der Waals surface area (Å²) in [6.07, 6.45) is 1.83. The average molecular weight is 351 g/mol. The largest absolute Gasteiger partial charge is 0.384 e. The molecule has 1 aromatic heterocycles. The fraction of sp³-hybridized carbons (Fsp3) is 0.467. The molecule has 2 rings (SSSR count). The standard InChI is InChI=1S/C15H21N5O3S/c1-9(12-5-10(7-24-12)14(16)17)19-15(23)11-3-2-4-20(11)13(22)6-18-8-21/h5,7-9,11H,2-4,6H2,1H3,(H3,16,17)(H,18,21)(H,19,23)/t9-,11?/m1/s1. The Hall–Kier alpha value is -2.42. The van der Waals surface area contributed by atoms with Crippen molar-refractivity contribution in [2.75, 3.05) is 13.1 Å². The van der Waals surface area contributed by atoms with Crippen molar-refractivity contribution in [3.05, 3.63) is 21.9 Å². The highest BCUT2D eigenvalue weighted by Gasteiger charge is 2.34. The van der Waals surface area contributed by atoms with E-state index in [9.17, 15) is 14.4 Å². The van der Waals surface area contributed by atoms with Crippen molar-refractivity contribution in [1.82, 2.24) is 15.5 Å². The fourth-order valence-electron chi connectivity index (χ4n) is 2.67. The van der Waals surface area contributed by atoms with E-state index in [2.05, 4.69) is 10.6 Å². The highest BCUT2D eigenvalue weighted by atomic mass is 32.1. The maximum absolute atomic E-state index is 12.5. The Labute approximate surface area is 143 Å². The van der Waals surface area contributed by atoms with Crippen LogP contribution in [0.5, 0.6) is 0 Å². The molecule has 0 spiro atoms. The van der Waals surface area contributed by atoms with E-state index in [1.54, 1.807) is 11.4 Å². The summed E-state index contributed by atoms with van der Waals surface area (Å²) >= 11 is 1.42. The second kappa shape index (κ2) is 7.91. The zero-order valence-electron chi connectivity index (χ0n) is 13.4. The zero-order valence-corrected chi connectivity index (χ0v) is 14.2. The number of hydrogen-bond acceptors (Lipinski definition) is 5. The van der Waals surface area contributed by atoms with Crippen molar-refractivity contribution < 1.29 is 14.4 Å². The maximum atomic E-state index is 12.5. The number of nitrogens with two attached hydrogens (primary N) is 1. The molecule has 1 aromatic rings. The molecular formula is C15H21N5O3S. The van der Waals surface area contributed by atoms with Gasteiger partial charge in [0.2, 0.25) is 18.2 Å². The van der Waals surface area contributed by atoms with E-state index < -0.39 is 6.04 Å². The van der Waals surface area contributed by atoms with Crippen molar-refractivity contribution in [2.24, 2.45) is 5.73 Å². The molecule has 2 atom stereocenters. The Kier molecular flexibility index (Phi) is 5.91. The number of thiophene rings is 1. The number of rotatable bonds is 7. The van der Waals surface area contributed by atoms with Crippen LogP contribution in [0.25, 0.3) is 0 Å². The number of amidine groups is 1. The Morgan fingerprint density at radius 3 is 2.96 bits per heavy atom. The number of carbonyl (C=O) groups is 3. The van der Waals surface area contributed by atoms with Crippen LogP contribution in [0.2, 0.25) is 0 Å². The summed E-state index contributed by atoms with van der Waals surface area (Å²) in [7, 11) is 0. The Morgan fingerprint density at radius 2 is 2.33 bits per heavy atom. The first-order chi connectivity index (χ1) is 11.4. The molecule has 3 amide bonds. The number of hydrogen-bond donors (Lipinski definition) is 4. The van der Waals surface area contributed by atoms with E-state index in [-0.39, 0.29) is 30.2 Å². The lowest BCUT2D eigenvalue weighted by atomic mass is 10.1. The third-order valence-corrected chi connectivity index (χ3v) is 5.04. The first kappa shape index (κ1) is 17.9. The van der Waals surface area contributed by atoms with Crippen LogP contribution in [0.1, 0.15) is 36.2 Å². The number of carbonyl (C=O) groups excluding carboxylic acids is 3. The summed E-state index contributed by atoms with van der Waals surface area (Å²) in [4.78, 5) is 37.3. The molecule has 1 fully saturated rings. The van der Waals surface area contributed by atoms with E-state index in [0.717, 1.165) is 11.3 Å². The Morgan fingerprint density at radius 1 is 1.58 bits per heavy atom. The van der Waals surface area contributed by atoms with Crippen molar-refractivity contribution >= 4 is 35.4 Å². The normalized spacial score (nSPS) is 18.0. The molecule has 0 bridgehead atoms. The molecule has 1 aliphatic rings. The quantitative estimate of drug-likeness (QED) is 0.312. The van der Waals surface area contributed by atoms with Gasteiger partial charge in [-0.3, -0.25) is 19.8 Å². The monoisotopic (exact) mass is 351 g/mol. The average Bonchev–Trinajstić information content (AvgIpc) is 3.21. The summed E-state index contributed by atoms with van der Waals surface area (Å²) < 4.78 is 0. The van der Waals surface area contributed by atoms with Gasteiger partial charge in [0.25, 0.3) is 0 Å². The SMILES string of the molecule is C[C@@H](NC(=O)C1CCCN1C(=O)CNC=O)c1cc(C(=N)N)cs1. The fourth-order valence-corrected chi connectivity index (χ4v) is 3.59. The van der Waals surface area contributed by atoms with E-state index in [1.165, 1.54) is 16.2 Å². The van der Waals surface area contributed by atoms with Crippen LogP contribution < -0.4 is 16.4 Å². The highest BCUT2D eigenvalue weighted by Crippen LogP contribution is 2.23. The van der Waals surface area contributed by atoms with Gasteiger partial charge in [0, 0.05) is 22.4 Å². The highest BCUT2D eigenvalue weighted by molar-refractivity contribution is 7.10. The number of amides is 3. The van der Waals surface area contributed by atoms with Gasteiger partial charge in [0.15, 0.2) is 0 Å². The van der Waals surface area contributed by atoms with Gasteiger partial charge in [-0.1, -0.05) is 0 Å². The zero-order chi connectivity index (χ0) is 17.7. The third kappa shape index (κ3) is 4.10. The van der Waals surface area contributed by atoms with Crippen LogP contribution in [0.4, 0.5) is 0 Å². The summed E-state index contributed by atoms with van der Waals surface area (Å²) in [6, 6.07) is 1.03. The molecule has 5 N–H and O–H groups in total. The molecule has 24 heavy (non-hydrogen) atoms. The second-order valence-electron chi connectivity index (χ2n) is 5.63. The molecular weight excluding hydrogens is 330 g/mol.